The summed E-state index contributed by atoms with van der Waals surface area (Å²) in [6.45, 7) is 4.62. The maximum atomic E-state index is 10.5. The third-order valence-corrected chi connectivity index (χ3v) is 3.34. The lowest BCUT2D eigenvalue weighted by atomic mass is 9.90. The van der Waals surface area contributed by atoms with Crippen molar-refractivity contribution >= 4 is 11.5 Å². The standard InChI is InChI=1S/C11H16N4O2/c1-11(7-12)4-5-14(8-11)9-2-3-10(13-6-9)15(16)17/h2-3,6H,4-5,7-8,12H2,1H3. The van der Waals surface area contributed by atoms with E-state index < -0.39 is 4.92 Å². The first-order valence-electron chi connectivity index (χ1n) is 5.59. The molecule has 0 aliphatic carbocycles. The molecular weight excluding hydrogens is 220 g/mol. The van der Waals surface area contributed by atoms with Crippen molar-refractivity contribution in [3.05, 3.63) is 28.4 Å². The summed E-state index contributed by atoms with van der Waals surface area (Å²) in [7, 11) is 0. The lowest BCUT2D eigenvalue weighted by Crippen LogP contribution is -2.31. The smallest absolute Gasteiger partial charge is 0.363 e. The molecule has 0 amide bonds. The minimum atomic E-state index is -0.488. The van der Waals surface area contributed by atoms with Gasteiger partial charge in [0.25, 0.3) is 0 Å². The second-order valence-corrected chi connectivity index (χ2v) is 4.82. The van der Waals surface area contributed by atoms with Crippen molar-refractivity contribution in [1.82, 2.24) is 4.98 Å². The number of hydrogen-bond donors (Lipinski definition) is 1. The van der Waals surface area contributed by atoms with Crippen molar-refractivity contribution in [3.8, 4) is 0 Å². The molecule has 1 saturated heterocycles. The molecule has 1 unspecified atom stereocenters. The summed E-state index contributed by atoms with van der Waals surface area (Å²) >= 11 is 0. The summed E-state index contributed by atoms with van der Waals surface area (Å²) < 4.78 is 0. The fraction of sp³-hybridized carbons (Fsp3) is 0.545. The first-order chi connectivity index (χ1) is 8.04. The molecule has 92 valence electrons. The Hall–Kier alpha value is -1.69. The predicted octanol–water partition coefficient (Wildman–Crippen LogP) is 1.16. The van der Waals surface area contributed by atoms with E-state index in [-0.39, 0.29) is 11.2 Å². The Morgan fingerprint density at radius 3 is 2.88 bits per heavy atom. The van der Waals surface area contributed by atoms with E-state index >= 15 is 0 Å². The fourth-order valence-corrected chi connectivity index (χ4v) is 2.08. The summed E-state index contributed by atoms with van der Waals surface area (Å²) in [4.78, 5) is 16.0. The lowest BCUT2D eigenvalue weighted by molar-refractivity contribution is -0.389. The average Bonchev–Trinajstić information content (AvgIpc) is 2.73. The van der Waals surface area contributed by atoms with E-state index in [0.717, 1.165) is 25.2 Å². The summed E-state index contributed by atoms with van der Waals surface area (Å²) in [6.07, 6.45) is 2.60. The van der Waals surface area contributed by atoms with Gasteiger partial charge in [0.15, 0.2) is 6.20 Å². The Kier molecular flexibility index (Phi) is 2.97. The van der Waals surface area contributed by atoms with Gasteiger partial charge in [0.05, 0.1) is 5.69 Å². The van der Waals surface area contributed by atoms with Gasteiger partial charge in [-0.05, 0) is 34.4 Å². The minimum absolute atomic E-state index is 0.116. The van der Waals surface area contributed by atoms with Gasteiger partial charge >= 0.3 is 5.82 Å². The minimum Gasteiger partial charge on any atom is -0.368 e. The SMILES string of the molecule is CC1(CN)CCN(c2ccc([N+](=O)[O-])nc2)C1. The number of anilines is 1. The van der Waals surface area contributed by atoms with E-state index in [9.17, 15) is 10.1 Å². The van der Waals surface area contributed by atoms with Gasteiger partial charge in [0.2, 0.25) is 0 Å². The van der Waals surface area contributed by atoms with Gasteiger partial charge in [-0.25, -0.2) is 0 Å². The van der Waals surface area contributed by atoms with Crippen LogP contribution in [-0.4, -0.2) is 29.5 Å². The molecule has 0 saturated carbocycles. The number of nitrogens with two attached hydrogens (primary N) is 1. The predicted molar refractivity (Wildman–Crippen MR) is 64.9 cm³/mol. The molecule has 0 bridgehead atoms. The van der Waals surface area contributed by atoms with Gasteiger partial charge < -0.3 is 20.7 Å². The van der Waals surface area contributed by atoms with Crippen molar-refractivity contribution in [2.45, 2.75) is 13.3 Å². The normalized spacial score (nSPS) is 24.0. The molecule has 1 aliphatic heterocycles. The largest absolute Gasteiger partial charge is 0.368 e. The molecular formula is C11H16N4O2. The number of hydrogen-bond acceptors (Lipinski definition) is 5. The second kappa shape index (κ2) is 4.29. The number of nitro groups is 1. The molecule has 17 heavy (non-hydrogen) atoms. The van der Waals surface area contributed by atoms with E-state index in [1.54, 1.807) is 12.3 Å². The lowest BCUT2D eigenvalue weighted by Gasteiger charge is -2.22. The molecule has 2 N–H and O–H groups in total. The number of aromatic nitrogens is 1. The van der Waals surface area contributed by atoms with Crippen LogP contribution in [0.1, 0.15) is 13.3 Å². The van der Waals surface area contributed by atoms with Gasteiger partial charge in [-0.3, -0.25) is 0 Å². The molecule has 1 aromatic rings. The Morgan fingerprint density at radius 1 is 1.65 bits per heavy atom. The van der Waals surface area contributed by atoms with Crippen molar-refractivity contribution in [1.29, 1.82) is 0 Å². The molecule has 0 radical (unpaired) electrons. The Balaban J connectivity index is 2.12. The fourth-order valence-electron chi connectivity index (χ4n) is 2.08. The monoisotopic (exact) mass is 236 g/mol. The quantitative estimate of drug-likeness (QED) is 0.628. The van der Waals surface area contributed by atoms with Crippen LogP contribution < -0.4 is 10.6 Å². The molecule has 2 rings (SSSR count). The highest BCUT2D eigenvalue weighted by Crippen LogP contribution is 2.32. The van der Waals surface area contributed by atoms with Crippen LogP contribution >= 0.6 is 0 Å². The molecule has 1 aliphatic rings. The van der Waals surface area contributed by atoms with Crippen molar-refractivity contribution < 1.29 is 4.92 Å². The van der Waals surface area contributed by atoms with Crippen LogP contribution in [-0.2, 0) is 0 Å². The zero-order valence-corrected chi connectivity index (χ0v) is 9.80. The summed E-state index contributed by atoms with van der Waals surface area (Å²) in [6, 6.07) is 3.18. The number of nitrogens with zero attached hydrogens (tertiary/aromatic N) is 3. The van der Waals surface area contributed by atoms with Gasteiger partial charge in [0.1, 0.15) is 0 Å². The Bertz CT molecular complexity index is 420. The first kappa shape index (κ1) is 11.8. The Labute approximate surface area is 99.6 Å². The van der Waals surface area contributed by atoms with Crippen LogP contribution in [0.5, 0.6) is 0 Å². The third kappa shape index (κ3) is 2.36. The molecule has 0 spiro atoms. The highest BCUT2D eigenvalue weighted by molar-refractivity contribution is 5.47. The molecule has 1 aromatic heterocycles. The topological polar surface area (TPSA) is 85.3 Å². The summed E-state index contributed by atoms with van der Waals surface area (Å²) in [5.74, 6) is -0.116. The highest BCUT2D eigenvalue weighted by atomic mass is 16.6. The van der Waals surface area contributed by atoms with E-state index in [2.05, 4.69) is 16.8 Å². The molecule has 6 heteroatoms. The Morgan fingerprint density at radius 2 is 2.41 bits per heavy atom. The first-order valence-corrected chi connectivity index (χ1v) is 5.59. The molecule has 1 atom stereocenters. The molecule has 1 fully saturated rings. The van der Waals surface area contributed by atoms with Crippen LogP contribution in [0.3, 0.4) is 0 Å². The van der Waals surface area contributed by atoms with Crippen molar-refractivity contribution in [2.75, 3.05) is 24.5 Å². The zero-order valence-electron chi connectivity index (χ0n) is 9.80. The van der Waals surface area contributed by atoms with E-state index in [1.165, 1.54) is 6.07 Å². The van der Waals surface area contributed by atoms with Crippen molar-refractivity contribution in [2.24, 2.45) is 11.1 Å². The van der Waals surface area contributed by atoms with Crippen molar-refractivity contribution in [3.63, 3.8) is 0 Å². The van der Waals surface area contributed by atoms with Gasteiger partial charge in [0, 0.05) is 19.2 Å². The average molecular weight is 236 g/mol. The van der Waals surface area contributed by atoms with Crippen LogP contribution in [0.4, 0.5) is 11.5 Å². The van der Waals surface area contributed by atoms with Crippen LogP contribution in [0.25, 0.3) is 0 Å². The maximum Gasteiger partial charge on any atom is 0.363 e. The second-order valence-electron chi connectivity index (χ2n) is 4.82. The van der Waals surface area contributed by atoms with Crippen LogP contribution in [0.2, 0.25) is 0 Å². The summed E-state index contributed by atoms with van der Waals surface area (Å²) in [5, 5.41) is 10.5. The molecule has 0 aromatic carbocycles. The van der Waals surface area contributed by atoms with E-state index in [0.29, 0.717) is 6.54 Å². The maximum absolute atomic E-state index is 10.5. The summed E-state index contributed by atoms with van der Waals surface area (Å²) in [5.41, 5.74) is 6.81. The van der Waals surface area contributed by atoms with Gasteiger partial charge in [-0.1, -0.05) is 6.92 Å². The number of rotatable bonds is 3. The molecule has 2 heterocycles. The van der Waals surface area contributed by atoms with E-state index in [1.807, 2.05) is 0 Å². The molecule has 6 nitrogen and oxygen atoms in total. The van der Waals surface area contributed by atoms with Gasteiger partial charge in [-0.15, -0.1) is 0 Å². The third-order valence-electron chi connectivity index (χ3n) is 3.34. The van der Waals surface area contributed by atoms with E-state index in [4.69, 9.17) is 5.73 Å². The number of pyridine rings is 1. The van der Waals surface area contributed by atoms with Crippen LogP contribution in [0.15, 0.2) is 18.3 Å². The highest BCUT2D eigenvalue weighted by Gasteiger charge is 2.33. The van der Waals surface area contributed by atoms with Gasteiger partial charge in [-0.2, -0.15) is 0 Å². The zero-order chi connectivity index (χ0) is 12.5. The van der Waals surface area contributed by atoms with Crippen LogP contribution in [0, 0.1) is 15.5 Å².